The Kier molecular flexibility index (Phi) is 23.3. The summed E-state index contributed by atoms with van der Waals surface area (Å²) in [7, 11) is 0. The molecule has 6 heteroatoms. The molecule has 0 aliphatic rings. The van der Waals surface area contributed by atoms with E-state index in [9.17, 15) is 14.4 Å². The third-order valence-corrected chi connectivity index (χ3v) is 9.62. The van der Waals surface area contributed by atoms with Crippen molar-refractivity contribution in [2.75, 3.05) is 0 Å². The molecular formula is C40H68O6. The number of hydrogen-bond donors (Lipinski definition) is 0. The van der Waals surface area contributed by atoms with Gasteiger partial charge in [-0.2, -0.15) is 0 Å². The second kappa shape index (κ2) is 25.7. The topological polar surface area (TPSA) is 78.9 Å². The van der Waals surface area contributed by atoms with Gasteiger partial charge in [-0.05, 0) is 43.9 Å². The zero-order valence-electron chi connectivity index (χ0n) is 30.7. The maximum absolute atomic E-state index is 13.0. The zero-order chi connectivity index (χ0) is 34.2. The molecule has 1 aromatic carbocycles. The van der Waals surface area contributed by atoms with E-state index in [4.69, 9.17) is 14.2 Å². The monoisotopic (exact) mass is 645 g/mol. The van der Waals surface area contributed by atoms with Crippen LogP contribution in [0.15, 0.2) is 12.1 Å². The average Bonchev–Trinajstić information content (AvgIpc) is 3.04. The van der Waals surface area contributed by atoms with Gasteiger partial charge in [0.2, 0.25) is 0 Å². The van der Waals surface area contributed by atoms with Crippen molar-refractivity contribution in [3.63, 3.8) is 0 Å². The number of unbranched alkanes of at least 4 members (excludes halogenated alkanes) is 6. The molecular weight excluding hydrogens is 576 g/mol. The Bertz CT molecular complexity index is 929. The third kappa shape index (κ3) is 18.1. The number of rotatable bonds is 27. The van der Waals surface area contributed by atoms with Crippen molar-refractivity contribution in [1.82, 2.24) is 0 Å². The predicted octanol–water partition coefficient (Wildman–Crippen LogP) is 11.9. The lowest BCUT2D eigenvalue weighted by Gasteiger charge is -2.17. The fourth-order valence-electron chi connectivity index (χ4n) is 6.11. The Morgan fingerprint density at radius 2 is 0.826 bits per heavy atom. The van der Waals surface area contributed by atoms with E-state index >= 15 is 0 Å². The fraction of sp³-hybridized carbons (Fsp3) is 0.775. The third-order valence-electron chi connectivity index (χ3n) is 9.62. The molecule has 46 heavy (non-hydrogen) atoms. The van der Waals surface area contributed by atoms with Gasteiger partial charge in [-0.15, -0.1) is 0 Å². The van der Waals surface area contributed by atoms with Gasteiger partial charge in [-0.25, -0.2) is 0 Å². The SMILES string of the molecule is CCCCCC(CC)CCC(=O)Oc1cc(OC(=O)CCC(CC)CCCCC)c(C)c(OC(=O)CCC(CC)CCCCC)c1. The van der Waals surface area contributed by atoms with E-state index in [2.05, 4.69) is 41.5 Å². The van der Waals surface area contributed by atoms with Crippen molar-refractivity contribution in [1.29, 1.82) is 0 Å². The lowest BCUT2D eigenvalue weighted by molar-refractivity contribution is -0.135. The second-order valence-electron chi connectivity index (χ2n) is 13.4. The van der Waals surface area contributed by atoms with Crippen LogP contribution in [0.4, 0.5) is 0 Å². The molecule has 1 rings (SSSR count). The number of hydrogen-bond acceptors (Lipinski definition) is 6. The predicted molar refractivity (Wildman–Crippen MR) is 190 cm³/mol. The Balaban J connectivity index is 3.02. The molecule has 0 heterocycles. The van der Waals surface area contributed by atoms with Crippen LogP contribution in [0.2, 0.25) is 0 Å². The van der Waals surface area contributed by atoms with E-state index in [1.54, 1.807) is 19.1 Å². The molecule has 0 radical (unpaired) electrons. The van der Waals surface area contributed by atoms with Gasteiger partial charge >= 0.3 is 17.9 Å². The Morgan fingerprint density at radius 1 is 0.500 bits per heavy atom. The Hall–Kier alpha value is -2.37. The minimum atomic E-state index is -0.330. The first-order valence-corrected chi connectivity index (χ1v) is 19.0. The van der Waals surface area contributed by atoms with E-state index in [0.29, 0.717) is 42.6 Å². The van der Waals surface area contributed by atoms with Crippen LogP contribution in [0.1, 0.15) is 182 Å². The van der Waals surface area contributed by atoms with Crippen molar-refractivity contribution in [2.24, 2.45) is 17.8 Å². The first-order valence-electron chi connectivity index (χ1n) is 19.0. The zero-order valence-corrected chi connectivity index (χ0v) is 30.7. The van der Waals surface area contributed by atoms with Crippen LogP contribution in [-0.4, -0.2) is 17.9 Å². The summed E-state index contributed by atoms with van der Waals surface area (Å²) in [6, 6.07) is 3.17. The van der Waals surface area contributed by atoms with Crippen LogP contribution in [0.5, 0.6) is 17.2 Å². The van der Waals surface area contributed by atoms with Gasteiger partial charge < -0.3 is 14.2 Å². The molecule has 0 aromatic heterocycles. The fourth-order valence-corrected chi connectivity index (χ4v) is 6.11. The van der Waals surface area contributed by atoms with Crippen molar-refractivity contribution >= 4 is 17.9 Å². The molecule has 0 amide bonds. The number of ether oxygens (including phenoxy) is 3. The molecule has 0 spiro atoms. The van der Waals surface area contributed by atoms with E-state index in [1.807, 2.05) is 0 Å². The average molecular weight is 645 g/mol. The summed E-state index contributed by atoms with van der Waals surface area (Å²) < 4.78 is 17.4. The molecule has 3 atom stereocenters. The summed E-state index contributed by atoms with van der Waals surface area (Å²) in [5.41, 5.74) is 0.549. The van der Waals surface area contributed by atoms with Gasteiger partial charge in [0.1, 0.15) is 17.2 Å². The molecule has 0 bridgehead atoms. The van der Waals surface area contributed by atoms with Gasteiger partial charge in [-0.3, -0.25) is 14.4 Å². The summed E-state index contributed by atoms with van der Waals surface area (Å²) in [4.78, 5) is 38.9. The van der Waals surface area contributed by atoms with Gasteiger partial charge in [0.25, 0.3) is 0 Å². The number of benzene rings is 1. The molecule has 0 fully saturated rings. The maximum atomic E-state index is 13.0. The summed E-state index contributed by atoms with van der Waals surface area (Å²) in [6.07, 6.45) is 20.5. The van der Waals surface area contributed by atoms with Gasteiger partial charge in [0.05, 0.1) is 0 Å². The smallest absolute Gasteiger partial charge is 0.311 e. The lowest BCUT2D eigenvalue weighted by atomic mass is 9.94. The van der Waals surface area contributed by atoms with Crippen molar-refractivity contribution in [3.05, 3.63) is 17.7 Å². The highest BCUT2D eigenvalue weighted by molar-refractivity contribution is 5.77. The Morgan fingerprint density at radius 3 is 1.13 bits per heavy atom. The summed E-state index contributed by atoms with van der Waals surface area (Å²) in [6.45, 7) is 14.9. The van der Waals surface area contributed by atoms with Crippen LogP contribution in [-0.2, 0) is 14.4 Å². The highest BCUT2D eigenvalue weighted by atomic mass is 16.6. The summed E-state index contributed by atoms with van der Waals surface area (Å²) >= 11 is 0. The maximum Gasteiger partial charge on any atom is 0.311 e. The normalized spacial score (nSPS) is 13.2. The van der Waals surface area contributed by atoms with Crippen molar-refractivity contribution in [2.45, 2.75) is 183 Å². The molecule has 3 unspecified atom stereocenters. The van der Waals surface area contributed by atoms with E-state index in [0.717, 1.165) is 57.8 Å². The van der Waals surface area contributed by atoms with Crippen LogP contribution in [0.25, 0.3) is 0 Å². The lowest BCUT2D eigenvalue weighted by Crippen LogP contribution is -2.15. The Labute approximate surface area is 282 Å². The number of esters is 3. The number of carbonyl (C=O) groups is 3. The highest BCUT2D eigenvalue weighted by Gasteiger charge is 2.20. The van der Waals surface area contributed by atoms with Gasteiger partial charge in [0, 0.05) is 37.0 Å². The molecule has 1 aromatic rings. The van der Waals surface area contributed by atoms with Crippen LogP contribution in [0, 0.1) is 24.7 Å². The summed E-state index contributed by atoms with van der Waals surface area (Å²) in [5, 5.41) is 0. The standard InChI is InChI=1S/C40H68O6/c1-8-14-17-20-32(11-4)23-26-38(41)44-35-29-36(45-39(42)27-24-33(12-5)21-18-15-9-2)31(7)37(30-35)46-40(43)28-25-34(13-6)22-19-16-10-3/h29-30,32-34H,8-28H2,1-7H3. The molecule has 0 aliphatic heterocycles. The quantitative estimate of drug-likeness (QED) is 0.0538. The number of carbonyl (C=O) groups excluding carboxylic acids is 3. The molecule has 0 saturated heterocycles. The van der Waals surface area contributed by atoms with E-state index < -0.39 is 0 Å². The molecule has 0 N–H and O–H groups in total. The van der Waals surface area contributed by atoms with Crippen LogP contribution >= 0.6 is 0 Å². The summed E-state index contributed by atoms with van der Waals surface area (Å²) in [5.74, 6) is 1.28. The van der Waals surface area contributed by atoms with E-state index in [1.165, 1.54) is 57.8 Å². The van der Waals surface area contributed by atoms with Gasteiger partial charge in [0.15, 0.2) is 0 Å². The second-order valence-corrected chi connectivity index (χ2v) is 13.4. The van der Waals surface area contributed by atoms with E-state index in [-0.39, 0.29) is 35.2 Å². The molecule has 0 aliphatic carbocycles. The molecule has 6 nitrogen and oxygen atoms in total. The molecule has 0 saturated carbocycles. The van der Waals surface area contributed by atoms with Crippen molar-refractivity contribution < 1.29 is 28.6 Å². The largest absolute Gasteiger partial charge is 0.426 e. The van der Waals surface area contributed by atoms with Crippen molar-refractivity contribution in [3.8, 4) is 17.2 Å². The van der Waals surface area contributed by atoms with Crippen LogP contribution < -0.4 is 14.2 Å². The minimum Gasteiger partial charge on any atom is -0.426 e. The minimum absolute atomic E-state index is 0.234. The van der Waals surface area contributed by atoms with Gasteiger partial charge in [-0.1, -0.05) is 138 Å². The first-order chi connectivity index (χ1) is 22.2. The highest BCUT2D eigenvalue weighted by Crippen LogP contribution is 2.35. The molecule has 264 valence electrons. The van der Waals surface area contributed by atoms with Crippen LogP contribution in [0.3, 0.4) is 0 Å². The first kappa shape index (κ1) is 41.7.